The fraction of sp³-hybridized carbons (Fsp3) is 0.188. The number of amides is 1. The number of aromatic nitrogens is 4. The van der Waals surface area contributed by atoms with Gasteiger partial charge in [-0.05, 0) is 22.4 Å². The maximum absolute atomic E-state index is 12.3. The lowest BCUT2D eigenvalue weighted by atomic mass is 10.2. The van der Waals surface area contributed by atoms with Crippen LogP contribution in [0.15, 0.2) is 51.5 Å². The van der Waals surface area contributed by atoms with Crippen LogP contribution in [0.4, 0.5) is 11.9 Å². The summed E-state index contributed by atoms with van der Waals surface area (Å²) in [5.41, 5.74) is 0.880. The Kier molecular flexibility index (Phi) is 5.23. The molecular formula is C16H16N6O3S. The molecule has 0 aliphatic heterocycles. The molecular weight excluding hydrogens is 356 g/mol. The largest absolute Gasteiger partial charge is 0.462 e. The molecule has 0 fully saturated rings. The molecule has 10 heteroatoms. The molecule has 0 aromatic carbocycles. The third-order valence-electron chi connectivity index (χ3n) is 3.32. The van der Waals surface area contributed by atoms with Crippen LogP contribution in [0.25, 0.3) is 5.78 Å². The fourth-order valence-corrected chi connectivity index (χ4v) is 2.92. The van der Waals surface area contributed by atoms with Crippen LogP contribution in [0.1, 0.15) is 5.56 Å². The normalized spacial score (nSPS) is 10.6. The molecule has 1 N–H and O–H groups in total. The summed E-state index contributed by atoms with van der Waals surface area (Å²) in [6.45, 7) is 8.30. The van der Waals surface area contributed by atoms with E-state index in [-0.39, 0.29) is 30.0 Å². The number of thiophene rings is 1. The summed E-state index contributed by atoms with van der Waals surface area (Å²) in [6, 6.07) is 1.86. The Bertz CT molecular complexity index is 981. The minimum Gasteiger partial charge on any atom is -0.333 e. The van der Waals surface area contributed by atoms with Crippen LogP contribution in [0.5, 0.6) is 0 Å². The molecule has 0 radical (unpaired) electrons. The van der Waals surface area contributed by atoms with Gasteiger partial charge >= 0.3 is 5.76 Å². The van der Waals surface area contributed by atoms with E-state index in [2.05, 4.69) is 33.4 Å². The smallest absolute Gasteiger partial charge is 0.333 e. The summed E-state index contributed by atoms with van der Waals surface area (Å²) in [5.74, 6) is -0.834. The number of nitrogens with zero attached hydrogens (tertiary/aromatic N) is 5. The van der Waals surface area contributed by atoms with E-state index in [9.17, 15) is 9.59 Å². The summed E-state index contributed by atoms with van der Waals surface area (Å²) in [7, 11) is 0. The van der Waals surface area contributed by atoms with Gasteiger partial charge in [0.05, 0.1) is 6.42 Å². The topological polar surface area (TPSA) is 106 Å². The predicted molar refractivity (Wildman–Crippen MR) is 98.6 cm³/mol. The van der Waals surface area contributed by atoms with Crippen molar-refractivity contribution in [1.82, 2.24) is 19.5 Å². The highest BCUT2D eigenvalue weighted by molar-refractivity contribution is 7.08. The highest BCUT2D eigenvalue weighted by atomic mass is 32.1. The number of hydrogen-bond donors (Lipinski definition) is 1. The molecule has 134 valence electrons. The minimum absolute atomic E-state index is 0.00366. The van der Waals surface area contributed by atoms with Crippen molar-refractivity contribution in [3.8, 4) is 0 Å². The van der Waals surface area contributed by atoms with Crippen molar-refractivity contribution in [3.05, 3.63) is 58.3 Å². The highest BCUT2D eigenvalue weighted by Crippen LogP contribution is 2.15. The Morgan fingerprint density at radius 3 is 2.73 bits per heavy atom. The first-order chi connectivity index (χ1) is 12.6. The number of carbonyl (C=O) groups excluding carboxylic acids is 1. The van der Waals surface area contributed by atoms with Crippen molar-refractivity contribution in [2.75, 3.05) is 23.3 Å². The van der Waals surface area contributed by atoms with E-state index in [1.165, 1.54) is 11.3 Å². The SMILES string of the molecule is C=CCN(CC=C)c1nc(NC(=O)Cc2ccsc2)n2oc(=O)nc2n1. The van der Waals surface area contributed by atoms with Gasteiger partial charge < -0.3 is 9.42 Å². The van der Waals surface area contributed by atoms with Crippen LogP contribution in [0.2, 0.25) is 0 Å². The fourth-order valence-electron chi connectivity index (χ4n) is 2.25. The summed E-state index contributed by atoms with van der Waals surface area (Å²) >= 11 is 1.50. The van der Waals surface area contributed by atoms with Gasteiger partial charge in [0.15, 0.2) is 0 Å². The van der Waals surface area contributed by atoms with Gasteiger partial charge in [-0.25, -0.2) is 4.79 Å². The molecule has 9 nitrogen and oxygen atoms in total. The first-order valence-electron chi connectivity index (χ1n) is 7.66. The molecule has 1 amide bonds. The standard InChI is InChI=1S/C16H16N6O3S/c1-3-6-21(7-4-2)13-18-14(22-15(19-13)20-16(24)25-22)17-12(23)9-11-5-8-26-10-11/h3-5,8,10H,1-2,6-7,9H2,(H,17,18,19,20,23,24). The van der Waals surface area contributed by atoms with Gasteiger partial charge in [-0.3, -0.25) is 10.1 Å². The lowest BCUT2D eigenvalue weighted by molar-refractivity contribution is -0.115. The van der Waals surface area contributed by atoms with Crippen molar-refractivity contribution >= 4 is 34.9 Å². The molecule has 3 aromatic rings. The molecule has 0 saturated carbocycles. The second-order valence-corrected chi connectivity index (χ2v) is 6.03. The first kappa shape index (κ1) is 17.5. The second kappa shape index (κ2) is 7.74. The number of carbonyl (C=O) groups is 1. The monoisotopic (exact) mass is 372 g/mol. The molecule has 0 aliphatic carbocycles. The van der Waals surface area contributed by atoms with Gasteiger partial charge in [0.1, 0.15) is 0 Å². The molecule has 0 saturated heterocycles. The number of anilines is 2. The molecule has 0 bridgehead atoms. The van der Waals surface area contributed by atoms with Crippen LogP contribution in [0.3, 0.4) is 0 Å². The third kappa shape index (κ3) is 3.86. The van der Waals surface area contributed by atoms with Crippen molar-refractivity contribution < 1.29 is 9.32 Å². The molecule has 0 unspecified atom stereocenters. The zero-order valence-electron chi connectivity index (χ0n) is 13.8. The summed E-state index contributed by atoms with van der Waals surface area (Å²) in [6.07, 6.45) is 3.54. The van der Waals surface area contributed by atoms with Crippen LogP contribution < -0.4 is 16.0 Å². The number of rotatable bonds is 8. The molecule has 0 aliphatic rings. The zero-order valence-corrected chi connectivity index (χ0v) is 14.6. The van der Waals surface area contributed by atoms with Crippen LogP contribution >= 0.6 is 11.3 Å². The Balaban J connectivity index is 1.96. The van der Waals surface area contributed by atoms with E-state index in [0.29, 0.717) is 13.1 Å². The van der Waals surface area contributed by atoms with Gasteiger partial charge in [0.2, 0.25) is 11.9 Å². The quantitative estimate of drug-likeness (QED) is 0.597. The van der Waals surface area contributed by atoms with E-state index < -0.39 is 5.76 Å². The zero-order chi connectivity index (χ0) is 18.5. The first-order valence-corrected chi connectivity index (χ1v) is 8.60. The van der Waals surface area contributed by atoms with Gasteiger partial charge in [-0.1, -0.05) is 16.7 Å². The lowest BCUT2D eigenvalue weighted by Gasteiger charge is -2.19. The molecule has 0 atom stereocenters. The van der Waals surface area contributed by atoms with Crippen molar-refractivity contribution in [2.45, 2.75) is 6.42 Å². The maximum Gasteiger partial charge on any atom is 0.462 e. The Labute approximate surface area is 152 Å². The van der Waals surface area contributed by atoms with E-state index in [1.54, 1.807) is 17.1 Å². The van der Waals surface area contributed by atoms with Crippen LogP contribution in [-0.4, -0.2) is 38.5 Å². The molecule has 3 aromatic heterocycles. The summed E-state index contributed by atoms with van der Waals surface area (Å²) in [4.78, 5) is 37.7. The Morgan fingerprint density at radius 2 is 2.08 bits per heavy atom. The van der Waals surface area contributed by atoms with Gasteiger partial charge in [-0.15, -0.1) is 18.1 Å². The minimum atomic E-state index is -0.830. The Hall–Kier alpha value is -3.27. The molecule has 26 heavy (non-hydrogen) atoms. The average Bonchev–Trinajstić information content (AvgIpc) is 3.23. The highest BCUT2D eigenvalue weighted by Gasteiger charge is 2.17. The summed E-state index contributed by atoms with van der Waals surface area (Å²) < 4.78 is 5.94. The lowest BCUT2D eigenvalue weighted by Crippen LogP contribution is -2.27. The van der Waals surface area contributed by atoms with Crippen molar-refractivity contribution in [2.24, 2.45) is 0 Å². The van der Waals surface area contributed by atoms with Crippen LogP contribution in [0, 0.1) is 0 Å². The van der Waals surface area contributed by atoms with E-state index in [0.717, 1.165) is 10.1 Å². The summed E-state index contributed by atoms with van der Waals surface area (Å²) in [5, 5.41) is 6.42. The van der Waals surface area contributed by atoms with E-state index in [4.69, 9.17) is 4.52 Å². The second-order valence-electron chi connectivity index (χ2n) is 5.25. The van der Waals surface area contributed by atoms with Crippen molar-refractivity contribution in [3.63, 3.8) is 0 Å². The van der Waals surface area contributed by atoms with Gasteiger partial charge in [-0.2, -0.15) is 21.3 Å². The van der Waals surface area contributed by atoms with E-state index >= 15 is 0 Å². The number of fused-ring (bicyclic) bond motifs is 1. The number of hydrogen-bond acceptors (Lipinski definition) is 8. The average molecular weight is 372 g/mol. The molecule has 0 spiro atoms. The molecule has 3 heterocycles. The van der Waals surface area contributed by atoms with Crippen LogP contribution in [-0.2, 0) is 11.2 Å². The number of nitrogens with one attached hydrogen (secondary N) is 1. The molecule has 3 rings (SSSR count). The maximum atomic E-state index is 12.3. The predicted octanol–water partition coefficient (Wildman–Crippen LogP) is 1.50. The van der Waals surface area contributed by atoms with Crippen molar-refractivity contribution in [1.29, 1.82) is 0 Å². The van der Waals surface area contributed by atoms with Gasteiger partial charge in [0.25, 0.3) is 11.7 Å². The Morgan fingerprint density at radius 1 is 1.31 bits per heavy atom. The third-order valence-corrected chi connectivity index (χ3v) is 4.05. The van der Waals surface area contributed by atoms with E-state index in [1.807, 2.05) is 16.8 Å². The van der Waals surface area contributed by atoms with Gasteiger partial charge in [0, 0.05) is 13.1 Å².